The number of ether oxygens (including phenoxy) is 3. The molecule has 0 aromatic heterocycles. The maximum absolute atomic E-state index is 10.8. The molecule has 2 fully saturated rings. The molecule has 0 spiro atoms. The van der Waals surface area contributed by atoms with Gasteiger partial charge in [-0.1, -0.05) is 12.1 Å². The van der Waals surface area contributed by atoms with E-state index in [1.54, 1.807) is 13.2 Å². The number of nitrogens with zero attached hydrogens (tertiary/aromatic N) is 1. The van der Waals surface area contributed by atoms with E-state index in [0.29, 0.717) is 18.1 Å². The molecule has 1 unspecified atom stereocenters. The summed E-state index contributed by atoms with van der Waals surface area (Å²) in [5.74, 6) is 1.37. The number of carbonyl (C=O) groups excluding carboxylic acids is 1. The van der Waals surface area contributed by atoms with Gasteiger partial charge < -0.3 is 14.2 Å². The molecule has 1 aromatic carbocycles. The van der Waals surface area contributed by atoms with E-state index in [1.165, 1.54) is 0 Å². The second-order valence-corrected chi connectivity index (χ2v) is 5.88. The average molecular weight is 303 g/mol. The van der Waals surface area contributed by atoms with Gasteiger partial charge in [-0.15, -0.1) is 0 Å². The number of hydrogen-bond donors (Lipinski definition) is 0. The normalized spacial score (nSPS) is 23.0. The van der Waals surface area contributed by atoms with Crippen LogP contribution < -0.4 is 9.47 Å². The molecule has 0 amide bonds. The Bertz CT molecular complexity index is 570. The Morgan fingerprint density at radius 3 is 2.82 bits per heavy atom. The van der Waals surface area contributed by atoms with Gasteiger partial charge in [0.2, 0.25) is 6.08 Å². The summed E-state index contributed by atoms with van der Waals surface area (Å²) in [7, 11) is 1.63. The van der Waals surface area contributed by atoms with Gasteiger partial charge in [0.15, 0.2) is 11.5 Å². The van der Waals surface area contributed by atoms with Crippen molar-refractivity contribution in [3.63, 3.8) is 0 Å². The van der Waals surface area contributed by atoms with E-state index in [9.17, 15) is 4.79 Å². The van der Waals surface area contributed by atoms with Crippen molar-refractivity contribution in [2.24, 2.45) is 4.99 Å². The van der Waals surface area contributed by atoms with Crippen LogP contribution in [0, 0.1) is 0 Å². The first-order valence-corrected chi connectivity index (χ1v) is 7.80. The van der Waals surface area contributed by atoms with Crippen LogP contribution in [-0.4, -0.2) is 32.5 Å². The standard InChI is InChI=1S/C17H21NO4/c1-20-16-14(17(18-12-19)8-4-9-17)6-2-7-15(16)22-13-5-3-10-21-11-13/h2,6-7,13H,3-5,8-11H2,1H3. The molecular formula is C17H21NO4. The zero-order chi connectivity index (χ0) is 15.4. The fourth-order valence-corrected chi connectivity index (χ4v) is 3.21. The molecule has 1 saturated carbocycles. The van der Waals surface area contributed by atoms with Crippen LogP contribution >= 0.6 is 0 Å². The average Bonchev–Trinajstić information content (AvgIpc) is 2.52. The quantitative estimate of drug-likeness (QED) is 0.620. The second-order valence-electron chi connectivity index (χ2n) is 5.88. The lowest BCUT2D eigenvalue weighted by atomic mass is 9.72. The van der Waals surface area contributed by atoms with Crippen molar-refractivity contribution in [2.45, 2.75) is 43.7 Å². The zero-order valence-corrected chi connectivity index (χ0v) is 12.8. The summed E-state index contributed by atoms with van der Waals surface area (Å²) in [6, 6.07) is 5.79. The van der Waals surface area contributed by atoms with E-state index in [1.807, 2.05) is 18.2 Å². The zero-order valence-electron chi connectivity index (χ0n) is 12.8. The SMILES string of the molecule is COc1c(OC2CCCOC2)cccc1C1(N=C=O)CCC1. The van der Waals surface area contributed by atoms with E-state index in [-0.39, 0.29) is 6.10 Å². The van der Waals surface area contributed by atoms with Crippen molar-refractivity contribution >= 4 is 6.08 Å². The van der Waals surface area contributed by atoms with Crippen molar-refractivity contribution in [2.75, 3.05) is 20.3 Å². The fraction of sp³-hybridized carbons (Fsp3) is 0.588. The maximum Gasteiger partial charge on any atom is 0.235 e. The minimum absolute atomic E-state index is 0.0461. The molecular weight excluding hydrogens is 282 g/mol. The molecule has 1 aliphatic carbocycles. The highest BCUT2D eigenvalue weighted by atomic mass is 16.5. The van der Waals surface area contributed by atoms with Gasteiger partial charge >= 0.3 is 0 Å². The Morgan fingerprint density at radius 1 is 1.36 bits per heavy atom. The molecule has 0 N–H and O–H groups in total. The van der Waals surface area contributed by atoms with Crippen LogP contribution in [-0.2, 0) is 15.1 Å². The largest absolute Gasteiger partial charge is 0.492 e. The first-order valence-electron chi connectivity index (χ1n) is 7.80. The van der Waals surface area contributed by atoms with E-state index in [0.717, 1.165) is 44.3 Å². The number of hydrogen-bond acceptors (Lipinski definition) is 5. The van der Waals surface area contributed by atoms with Gasteiger partial charge in [-0.2, -0.15) is 4.99 Å². The monoisotopic (exact) mass is 303 g/mol. The third-order valence-corrected chi connectivity index (χ3v) is 4.54. The maximum atomic E-state index is 10.8. The lowest BCUT2D eigenvalue weighted by Crippen LogP contribution is -2.33. The summed E-state index contributed by atoms with van der Waals surface area (Å²) >= 11 is 0. The third-order valence-electron chi connectivity index (χ3n) is 4.54. The Balaban J connectivity index is 1.91. The molecule has 2 aliphatic rings. The molecule has 118 valence electrons. The first-order chi connectivity index (χ1) is 10.8. The van der Waals surface area contributed by atoms with Crippen molar-refractivity contribution in [3.8, 4) is 11.5 Å². The Morgan fingerprint density at radius 2 is 2.23 bits per heavy atom. The van der Waals surface area contributed by atoms with E-state index in [2.05, 4.69) is 4.99 Å². The van der Waals surface area contributed by atoms with Crippen LogP contribution in [0.25, 0.3) is 0 Å². The van der Waals surface area contributed by atoms with Gasteiger partial charge in [0, 0.05) is 12.2 Å². The summed E-state index contributed by atoms with van der Waals surface area (Å²) in [6.07, 6.45) is 6.48. The Hall–Kier alpha value is -1.84. The van der Waals surface area contributed by atoms with Crippen molar-refractivity contribution in [1.29, 1.82) is 0 Å². The number of para-hydroxylation sites is 1. The van der Waals surface area contributed by atoms with Crippen molar-refractivity contribution < 1.29 is 19.0 Å². The lowest BCUT2D eigenvalue weighted by Gasteiger charge is -2.38. The minimum atomic E-state index is -0.491. The summed E-state index contributed by atoms with van der Waals surface area (Å²) in [5, 5.41) is 0. The lowest BCUT2D eigenvalue weighted by molar-refractivity contribution is 0.00627. The van der Waals surface area contributed by atoms with Gasteiger partial charge in [0.25, 0.3) is 0 Å². The van der Waals surface area contributed by atoms with Crippen molar-refractivity contribution in [3.05, 3.63) is 23.8 Å². The van der Waals surface area contributed by atoms with Crippen LogP contribution in [0.5, 0.6) is 11.5 Å². The molecule has 0 radical (unpaired) electrons. The number of methoxy groups -OCH3 is 1. The number of rotatable bonds is 5. The van der Waals surface area contributed by atoms with Crippen molar-refractivity contribution in [1.82, 2.24) is 0 Å². The van der Waals surface area contributed by atoms with Crippen LogP contribution in [0.1, 0.15) is 37.7 Å². The molecule has 1 saturated heterocycles. The predicted molar refractivity (Wildman–Crippen MR) is 81.1 cm³/mol. The summed E-state index contributed by atoms with van der Waals surface area (Å²) < 4.78 is 17.1. The molecule has 0 bridgehead atoms. The van der Waals surface area contributed by atoms with E-state index < -0.39 is 5.54 Å². The predicted octanol–water partition coefficient (Wildman–Crippen LogP) is 2.97. The number of isocyanates is 1. The number of benzene rings is 1. The van der Waals surface area contributed by atoms with Gasteiger partial charge in [-0.25, -0.2) is 4.79 Å². The number of aliphatic imine (C=N–C) groups is 1. The summed E-state index contributed by atoms with van der Waals surface area (Å²) in [4.78, 5) is 14.9. The highest BCUT2D eigenvalue weighted by Crippen LogP contribution is 2.50. The van der Waals surface area contributed by atoms with E-state index in [4.69, 9.17) is 14.2 Å². The molecule has 5 heteroatoms. The highest BCUT2D eigenvalue weighted by molar-refractivity contribution is 5.52. The molecule has 3 rings (SSSR count). The molecule has 5 nitrogen and oxygen atoms in total. The summed E-state index contributed by atoms with van der Waals surface area (Å²) in [6.45, 7) is 1.40. The molecule has 1 heterocycles. The molecule has 22 heavy (non-hydrogen) atoms. The topological polar surface area (TPSA) is 57.1 Å². The second kappa shape index (κ2) is 6.51. The van der Waals surface area contributed by atoms with E-state index >= 15 is 0 Å². The third kappa shape index (κ3) is 2.74. The fourth-order valence-electron chi connectivity index (χ4n) is 3.21. The van der Waals surface area contributed by atoms with Crippen LogP contribution in [0.2, 0.25) is 0 Å². The molecule has 1 aliphatic heterocycles. The Labute approximate surface area is 130 Å². The molecule has 1 atom stereocenters. The van der Waals surface area contributed by atoms with Crippen LogP contribution in [0.4, 0.5) is 0 Å². The van der Waals surface area contributed by atoms with Gasteiger partial charge in [0.1, 0.15) is 11.6 Å². The van der Waals surface area contributed by atoms with Crippen LogP contribution in [0.15, 0.2) is 23.2 Å². The molecule has 1 aromatic rings. The van der Waals surface area contributed by atoms with Gasteiger partial charge in [-0.05, 0) is 38.2 Å². The minimum Gasteiger partial charge on any atom is -0.492 e. The van der Waals surface area contributed by atoms with Gasteiger partial charge in [-0.3, -0.25) is 0 Å². The first kappa shape index (κ1) is 15.1. The highest BCUT2D eigenvalue weighted by Gasteiger charge is 2.42. The van der Waals surface area contributed by atoms with Crippen LogP contribution in [0.3, 0.4) is 0 Å². The Kier molecular flexibility index (Phi) is 4.46. The summed E-state index contributed by atoms with van der Waals surface area (Å²) in [5.41, 5.74) is 0.425. The van der Waals surface area contributed by atoms with Gasteiger partial charge in [0.05, 0.1) is 13.7 Å². The smallest absolute Gasteiger partial charge is 0.235 e.